The van der Waals surface area contributed by atoms with Crippen LogP contribution in [0.4, 0.5) is 0 Å². The van der Waals surface area contributed by atoms with Crippen molar-refractivity contribution in [3.05, 3.63) is 24.0 Å². The highest BCUT2D eigenvalue weighted by Gasteiger charge is 2.33. The molecule has 4 nitrogen and oxygen atoms in total. The fourth-order valence-electron chi connectivity index (χ4n) is 3.51. The standard InChI is InChI=1S/C15H20N2O2/c18-14-7-13(8-16-9-14)15(19)17-6-5-11-3-1-2-4-12(11)10-17/h7-9,11-12,18H,1-6,10H2. The second-order valence-electron chi connectivity index (χ2n) is 5.78. The highest BCUT2D eigenvalue weighted by molar-refractivity contribution is 5.94. The Hall–Kier alpha value is -1.58. The van der Waals surface area contributed by atoms with Crippen molar-refractivity contribution in [2.24, 2.45) is 11.8 Å². The summed E-state index contributed by atoms with van der Waals surface area (Å²) in [4.78, 5) is 18.2. The van der Waals surface area contributed by atoms with Crippen LogP contribution in [-0.2, 0) is 0 Å². The molecule has 1 aliphatic heterocycles. The molecule has 3 rings (SSSR count). The van der Waals surface area contributed by atoms with Crippen molar-refractivity contribution in [1.82, 2.24) is 9.88 Å². The molecule has 2 atom stereocenters. The van der Waals surface area contributed by atoms with Gasteiger partial charge in [-0.3, -0.25) is 9.78 Å². The van der Waals surface area contributed by atoms with Gasteiger partial charge in [-0.15, -0.1) is 0 Å². The number of hydrogen-bond donors (Lipinski definition) is 1. The molecular formula is C15H20N2O2. The van der Waals surface area contributed by atoms with E-state index in [1.165, 1.54) is 44.1 Å². The number of aromatic hydroxyl groups is 1. The second-order valence-corrected chi connectivity index (χ2v) is 5.78. The number of amides is 1. The summed E-state index contributed by atoms with van der Waals surface area (Å²) in [6, 6.07) is 1.50. The van der Waals surface area contributed by atoms with Crippen molar-refractivity contribution in [2.45, 2.75) is 32.1 Å². The van der Waals surface area contributed by atoms with Gasteiger partial charge in [-0.25, -0.2) is 0 Å². The summed E-state index contributed by atoms with van der Waals surface area (Å²) in [5, 5.41) is 9.41. The third-order valence-corrected chi connectivity index (χ3v) is 4.55. The Morgan fingerprint density at radius 1 is 1.21 bits per heavy atom. The van der Waals surface area contributed by atoms with Crippen molar-refractivity contribution in [3.8, 4) is 5.75 Å². The summed E-state index contributed by atoms with van der Waals surface area (Å²) >= 11 is 0. The van der Waals surface area contributed by atoms with E-state index in [2.05, 4.69) is 4.98 Å². The summed E-state index contributed by atoms with van der Waals surface area (Å²) in [7, 11) is 0. The Morgan fingerprint density at radius 3 is 2.79 bits per heavy atom. The Morgan fingerprint density at radius 2 is 2.00 bits per heavy atom. The number of pyridine rings is 1. The number of piperidine rings is 1. The van der Waals surface area contributed by atoms with E-state index in [-0.39, 0.29) is 11.7 Å². The molecular weight excluding hydrogens is 240 g/mol. The van der Waals surface area contributed by atoms with E-state index in [9.17, 15) is 9.90 Å². The van der Waals surface area contributed by atoms with Crippen LogP contribution in [0, 0.1) is 11.8 Å². The molecule has 1 N–H and O–H groups in total. The van der Waals surface area contributed by atoms with E-state index < -0.39 is 0 Å². The van der Waals surface area contributed by atoms with Gasteiger partial charge in [0.05, 0.1) is 11.8 Å². The molecule has 2 unspecified atom stereocenters. The van der Waals surface area contributed by atoms with Gasteiger partial charge in [0.15, 0.2) is 0 Å². The maximum atomic E-state index is 12.4. The van der Waals surface area contributed by atoms with Gasteiger partial charge in [0.1, 0.15) is 5.75 Å². The topological polar surface area (TPSA) is 53.4 Å². The number of hydrogen-bond acceptors (Lipinski definition) is 3. The normalized spacial score (nSPS) is 26.8. The number of aromatic nitrogens is 1. The van der Waals surface area contributed by atoms with Gasteiger partial charge in [0, 0.05) is 19.3 Å². The third kappa shape index (κ3) is 2.57. The number of carbonyl (C=O) groups excluding carboxylic acids is 1. The van der Waals surface area contributed by atoms with Crippen LogP contribution in [0.15, 0.2) is 18.5 Å². The molecule has 0 aromatic carbocycles. The summed E-state index contributed by atoms with van der Waals surface area (Å²) in [5.74, 6) is 1.56. The molecule has 2 aliphatic rings. The van der Waals surface area contributed by atoms with Crippen molar-refractivity contribution in [1.29, 1.82) is 0 Å². The molecule has 1 amide bonds. The molecule has 1 aliphatic carbocycles. The third-order valence-electron chi connectivity index (χ3n) is 4.55. The molecule has 102 valence electrons. The fraction of sp³-hybridized carbons (Fsp3) is 0.600. The van der Waals surface area contributed by atoms with Gasteiger partial charge in [-0.2, -0.15) is 0 Å². The van der Waals surface area contributed by atoms with E-state index in [1.54, 1.807) is 0 Å². The summed E-state index contributed by atoms with van der Waals surface area (Å²) in [6.07, 6.45) is 9.26. The number of fused-ring (bicyclic) bond motifs is 1. The second kappa shape index (κ2) is 5.19. The summed E-state index contributed by atoms with van der Waals surface area (Å²) in [6.45, 7) is 1.72. The van der Waals surface area contributed by atoms with Crippen LogP contribution in [0.1, 0.15) is 42.5 Å². The van der Waals surface area contributed by atoms with Crippen molar-refractivity contribution in [3.63, 3.8) is 0 Å². The minimum absolute atomic E-state index is 0.00687. The minimum atomic E-state index is 0.00687. The van der Waals surface area contributed by atoms with Crippen molar-refractivity contribution < 1.29 is 9.90 Å². The molecule has 1 aromatic rings. The van der Waals surface area contributed by atoms with Crippen LogP contribution in [0.5, 0.6) is 5.75 Å². The lowest BCUT2D eigenvalue weighted by molar-refractivity contribution is 0.0520. The Kier molecular flexibility index (Phi) is 3.40. The average Bonchev–Trinajstić information content (AvgIpc) is 2.46. The lowest BCUT2D eigenvalue weighted by Gasteiger charge is -2.41. The predicted molar refractivity (Wildman–Crippen MR) is 71.9 cm³/mol. The number of carbonyl (C=O) groups is 1. The molecule has 1 aromatic heterocycles. The molecule has 0 radical (unpaired) electrons. The molecule has 19 heavy (non-hydrogen) atoms. The first-order valence-electron chi connectivity index (χ1n) is 7.17. The van der Waals surface area contributed by atoms with E-state index >= 15 is 0 Å². The zero-order chi connectivity index (χ0) is 13.2. The Labute approximate surface area is 113 Å². The van der Waals surface area contributed by atoms with Crippen LogP contribution < -0.4 is 0 Å². The lowest BCUT2D eigenvalue weighted by atomic mass is 9.75. The number of nitrogens with zero attached hydrogens (tertiary/aromatic N) is 2. The molecule has 2 heterocycles. The first-order valence-corrected chi connectivity index (χ1v) is 7.17. The van der Waals surface area contributed by atoms with Crippen molar-refractivity contribution in [2.75, 3.05) is 13.1 Å². The monoisotopic (exact) mass is 260 g/mol. The molecule has 1 saturated heterocycles. The molecule has 4 heteroatoms. The highest BCUT2D eigenvalue weighted by Crippen LogP contribution is 2.36. The Bertz CT molecular complexity index is 475. The largest absolute Gasteiger partial charge is 0.506 e. The van der Waals surface area contributed by atoms with Gasteiger partial charge >= 0.3 is 0 Å². The van der Waals surface area contributed by atoms with Crippen LogP contribution in [0.2, 0.25) is 0 Å². The van der Waals surface area contributed by atoms with Crippen LogP contribution in [0.3, 0.4) is 0 Å². The zero-order valence-electron chi connectivity index (χ0n) is 11.1. The zero-order valence-corrected chi connectivity index (χ0v) is 11.1. The maximum absolute atomic E-state index is 12.4. The minimum Gasteiger partial charge on any atom is -0.506 e. The summed E-state index contributed by atoms with van der Waals surface area (Å²) < 4.78 is 0. The smallest absolute Gasteiger partial charge is 0.255 e. The van der Waals surface area contributed by atoms with Gasteiger partial charge in [-0.1, -0.05) is 19.3 Å². The molecule has 0 bridgehead atoms. The average molecular weight is 260 g/mol. The van der Waals surface area contributed by atoms with Crippen LogP contribution >= 0.6 is 0 Å². The maximum Gasteiger partial charge on any atom is 0.255 e. The quantitative estimate of drug-likeness (QED) is 0.843. The predicted octanol–water partition coefficient (Wildman–Crippen LogP) is 2.44. The van der Waals surface area contributed by atoms with Gasteiger partial charge in [0.25, 0.3) is 5.91 Å². The summed E-state index contributed by atoms with van der Waals surface area (Å²) in [5.41, 5.74) is 0.495. The van der Waals surface area contributed by atoms with Gasteiger partial charge in [0.2, 0.25) is 0 Å². The number of likely N-dealkylation sites (tertiary alicyclic amines) is 1. The first kappa shape index (κ1) is 12.5. The molecule has 2 fully saturated rings. The van der Waals surface area contributed by atoms with Crippen molar-refractivity contribution >= 4 is 5.91 Å². The van der Waals surface area contributed by atoms with E-state index in [4.69, 9.17) is 0 Å². The van der Waals surface area contributed by atoms with E-state index in [0.29, 0.717) is 11.5 Å². The SMILES string of the molecule is O=C(c1cncc(O)c1)N1CCC2CCCCC2C1. The fourth-order valence-corrected chi connectivity index (χ4v) is 3.51. The van der Waals surface area contributed by atoms with Crippen LogP contribution in [-0.4, -0.2) is 34.0 Å². The Balaban J connectivity index is 1.71. The first-order chi connectivity index (χ1) is 9.24. The van der Waals surface area contributed by atoms with E-state index in [1.807, 2.05) is 4.90 Å². The molecule has 0 spiro atoms. The highest BCUT2D eigenvalue weighted by atomic mass is 16.3. The van der Waals surface area contributed by atoms with Crippen LogP contribution in [0.25, 0.3) is 0 Å². The van der Waals surface area contributed by atoms with E-state index in [0.717, 1.165) is 25.4 Å². The van der Waals surface area contributed by atoms with Gasteiger partial charge in [-0.05, 0) is 30.7 Å². The number of rotatable bonds is 1. The lowest BCUT2D eigenvalue weighted by Crippen LogP contribution is -2.44. The van der Waals surface area contributed by atoms with Gasteiger partial charge < -0.3 is 10.0 Å². The molecule has 1 saturated carbocycles.